The van der Waals surface area contributed by atoms with E-state index < -0.39 is 75.5 Å². The van der Waals surface area contributed by atoms with Crippen molar-refractivity contribution in [3.8, 4) is 17.1 Å². The van der Waals surface area contributed by atoms with E-state index in [-0.39, 0.29) is 43.1 Å². The fraction of sp³-hybridized carbons (Fsp3) is 0.432. The molecular formula is C37H38F2N8O7S. The van der Waals surface area contributed by atoms with Crippen LogP contribution < -0.4 is 20.1 Å². The van der Waals surface area contributed by atoms with Gasteiger partial charge in [-0.1, -0.05) is 61.4 Å². The van der Waals surface area contributed by atoms with Gasteiger partial charge in [-0.2, -0.15) is 0 Å². The molecule has 18 heteroatoms. The smallest absolute Gasteiger partial charge is 0.316 e. The molecule has 2 aromatic heterocycles. The van der Waals surface area contributed by atoms with Crippen molar-refractivity contribution in [2.75, 3.05) is 11.9 Å². The van der Waals surface area contributed by atoms with E-state index in [1.165, 1.54) is 4.90 Å². The van der Waals surface area contributed by atoms with Gasteiger partial charge in [-0.15, -0.1) is 5.10 Å². The average Bonchev–Trinajstić information content (AvgIpc) is 4.05. The van der Waals surface area contributed by atoms with Crippen LogP contribution in [0.2, 0.25) is 0 Å². The van der Waals surface area contributed by atoms with Crippen LogP contribution in [-0.2, 0) is 30.8 Å². The van der Waals surface area contributed by atoms with Crippen molar-refractivity contribution >= 4 is 50.9 Å². The highest BCUT2D eigenvalue weighted by molar-refractivity contribution is 7.91. The van der Waals surface area contributed by atoms with Crippen LogP contribution in [0.4, 0.5) is 14.8 Å². The molecule has 2 saturated carbocycles. The third kappa shape index (κ3) is 7.22. The lowest BCUT2D eigenvalue weighted by Gasteiger charge is -2.31. The number of rotatable bonds is 7. The summed E-state index contributed by atoms with van der Waals surface area (Å²) in [5, 5.41) is 12.8. The molecule has 2 aliphatic heterocycles. The predicted molar refractivity (Wildman–Crippen MR) is 194 cm³/mol. The normalized spacial score (nSPS) is 25.7. The first-order valence-corrected chi connectivity index (χ1v) is 19.6. The molecule has 3 fully saturated rings. The van der Waals surface area contributed by atoms with Crippen molar-refractivity contribution in [2.24, 2.45) is 11.8 Å². The Morgan fingerprint density at radius 1 is 1.05 bits per heavy atom. The maximum absolute atomic E-state index is 14.5. The van der Waals surface area contributed by atoms with E-state index in [1.807, 2.05) is 59.3 Å². The van der Waals surface area contributed by atoms with Gasteiger partial charge < -0.3 is 24.7 Å². The van der Waals surface area contributed by atoms with Crippen LogP contribution in [0.1, 0.15) is 51.0 Å². The molecule has 0 radical (unpaired) electrons. The highest BCUT2D eigenvalue weighted by Gasteiger charge is 2.66. The summed E-state index contributed by atoms with van der Waals surface area (Å²) >= 11 is 0. The number of sulfonamides is 1. The number of ether oxygens (including phenoxy) is 1. The molecule has 15 nitrogen and oxygen atoms in total. The van der Waals surface area contributed by atoms with Gasteiger partial charge in [-0.05, 0) is 48.9 Å². The molecule has 2 aliphatic carbocycles. The van der Waals surface area contributed by atoms with Gasteiger partial charge in [0.15, 0.2) is 0 Å². The first-order chi connectivity index (χ1) is 26.3. The third-order valence-corrected chi connectivity index (χ3v) is 12.2. The van der Waals surface area contributed by atoms with E-state index in [9.17, 15) is 31.6 Å². The lowest BCUT2D eigenvalue weighted by Crippen LogP contribution is -2.58. The van der Waals surface area contributed by atoms with Gasteiger partial charge >= 0.3 is 6.01 Å². The molecular weight excluding hydrogens is 739 g/mol. The van der Waals surface area contributed by atoms with Gasteiger partial charge in [0.2, 0.25) is 40.0 Å². The van der Waals surface area contributed by atoms with E-state index in [4.69, 9.17) is 19.1 Å². The molecule has 0 unspecified atom stereocenters. The maximum atomic E-state index is 14.5. The summed E-state index contributed by atoms with van der Waals surface area (Å²) in [5.41, 5.74) is 0.894. The Balaban J connectivity index is 1.17. The number of amides is 3. The zero-order chi connectivity index (χ0) is 38.6. The third-order valence-electron chi connectivity index (χ3n) is 10.4. The molecule has 1 saturated heterocycles. The van der Waals surface area contributed by atoms with Gasteiger partial charge in [0.05, 0.1) is 28.7 Å². The molecule has 0 spiro atoms. The maximum Gasteiger partial charge on any atom is 0.316 e. The van der Waals surface area contributed by atoms with Gasteiger partial charge in [-0.25, -0.2) is 27.2 Å². The number of aromatic nitrogens is 4. The van der Waals surface area contributed by atoms with Crippen LogP contribution in [-0.4, -0.2) is 93.2 Å². The second-order valence-electron chi connectivity index (χ2n) is 14.7. The number of allylic oxidation sites excluding steroid dienone is 1. The zero-order valence-electron chi connectivity index (χ0n) is 29.8. The van der Waals surface area contributed by atoms with Gasteiger partial charge in [-0.3, -0.25) is 19.1 Å². The minimum atomic E-state index is -4.12. The van der Waals surface area contributed by atoms with E-state index in [2.05, 4.69) is 20.8 Å². The van der Waals surface area contributed by atoms with Crippen molar-refractivity contribution < 1.29 is 40.7 Å². The molecule has 55 heavy (non-hydrogen) atoms. The Morgan fingerprint density at radius 2 is 1.82 bits per heavy atom. The number of nitrogens with one attached hydrogen (secondary N) is 3. The zero-order valence-corrected chi connectivity index (χ0v) is 30.6. The summed E-state index contributed by atoms with van der Waals surface area (Å²) in [6.07, 6.45) is 0.213. The summed E-state index contributed by atoms with van der Waals surface area (Å²) in [7, 11) is -4.12. The number of para-hydroxylation sites is 2. The van der Waals surface area contributed by atoms with Crippen LogP contribution in [0.3, 0.4) is 0 Å². The van der Waals surface area contributed by atoms with Crippen LogP contribution >= 0.6 is 0 Å². The summed E-state index contributed by atoms with van der Waals surface area (Å²) in [4.78, 5) is 53.1. The number of alkyl halides is 2. The Morgan fingerprint density at radius 3 is 2.53 bits per heavy atom. The standard InChI is InChI=1S/C37H38F2N8O7S/c1-19(2)29-34(49)47-18-22(16-27(47)32(48)43-37(17-24(37)31(38)39)35(50)46-55(51,52)23-13-14-23)53-33-30(40-25-10-3-4-11-26(25)41-33)21-9-5-7-20(15-21)8-6-12-28-44-45-36(42-29)54-28/h3-11,15,19,22-24,27,29,31H,12-14,16-18H2,1-2H3,(H,42,45)(H,43,48)(H,46,50)/b8-6+/t22-,24+,27+,29+,37-/m1/s1. The first-order valence-electron chi connectivity index (χ1n) is 18.1. The van der Waals surface area contributed by atoms with E-state index in [0.717, 1.165) is 5.56 Å². The lowest BCUT2D eigenvalue weighted by molar-refractivity contribution is -0.141. The van der Waals surface area contributed by atoms with Crippen LogP contribution in [0, 0.1) is 11.8 Å². The van der Waals surface area contributed by atoms with Gasteiger partial charge in [0, 0.05) is 18.4 Å². The number of hydrogen-bond donors (Lipinski definition) is 3. The van der Waals surface area contributed by atoms with Gasteiger partial charge in [0.1, 0.15) is 29.4 Å². The average molecular weight is 777 g/mol. The monoisotopic (exact) mass is 776 g/mol. The lowest BCUT2D eigenvalue weighted by atomic mass is 10.0. The number of anilines is 1. The predicted octanol–water partition coefficient (Wildman–Crippen LogP) is 3.48. The molecule has 4 aliphatic rings. The molecule has 4 aromatic rings. The summed E-state index contributed by atoms with van der Waals surface area (Å²) in [6, 6.07) is 12.4. The van der Waals surface area contributed by atoms with E-state index >= 15 is 0 Å². The van der Waals surface area contributed by atoms with Crippen LogP contribution in [0.25, 0.3) is 28.4 Å². The van der Waals surface area contributed by atoms with Crippen molar-refractivity contribution in [1.29, 1.82) is 0 Å². The van der Waals surface area contributed by atoms with Crippen molar-refractivity contribution in [3.05, 3.63) is 66.1 Å². The number of fused-ring (bicyclic) bond motifs is 9. The highest BCUT2D eigenvalue weighted by Crippen LogP contribution is 2.48. The fourth-order valence-electron chi connectivity index (χ4n) is 7.13. The topological polar surface area (TPSA) is 199 Å². The molecule has 3 N–H and O–H groups in total. The summed E-state index contributed by atoms with van der Waals surface area (Å²) in [5.74, 6) is -4.30. The number of hydrogen-bond acceptors (Lipinski definition) is 12. The second kappa shape index (κ2) is 14.0. The van der Waals surface area contributed by atoms with E-state index in [1.54, 1.807) is 19.9 Å². The van der Waals surface area contributed by atoms with Crippen molar-refractivity contribution in [3.63, 3.8) is 0 Å². The Labute approximate surface area is 314 Å². The molecule has 8 rings (SSSR count). The Kier molecular flexibility index (Phi) is 9.25. The largest absolute Gasteiger partial charge is 0.471 e. The first kappa shape index (κ1) is 36.5. The SMILES string of the molecule is CC(C)[C@@H]1Nc2nnc(o2)C/C=C/c2cccc(c2)-c2nc3ccccc3nc2O[C@@H]2C[C@@H](C(=O)N[C@]3(C(=O)NS(=O)(=O)C4CC4)C[C@H]3C(F)F)N(C2)C1=O. The number of halogens is 2. The number of benzene rings is 2. The minimum absolute atomic E-state index is 0.0205. The quantitative estimate of drug-likeness (QED) is 0.247. The molecule has 4 heterocycles. The number of carbonyl (C=O) groups is 3. The molecule has 288 valence electrons. The fourth-order valence-corrected chi connectivity index (χ4v) is 8.49. The van der Waals surface area contributed by atoms with Crippen molar-refractivity contribution in [2.45, 2.75) is 81.4 Å². The summed E-state index contributed by atoms with van der Waals surface area (Å²) < 4.78 is 67.9. The van der Waals surface area contributed by atoms with Crippen LogP contribution in [0.5, 0.6) is 5.88 Å². The molecule has 6 bridgehead atoms. The molecule has 2 aromatic carbocycles. The second-order valence-corrected chi connectivity index (χ2v) is 16.7. The van der Waals surface area contributed by atoms with Crippen molar-refractivity contribution in [1.82, 2.24) is 35.1 Å². The highest BCUT2D eigenvalue weighted by atomic mass is 32.2. The number of nitrogens with zero attached hydrogens (tertiary/aromatic N) is 5. The number of carbonyl (C=O) groups excluding carboxylic acids is 3. The van der Waals surface area contributed by atoms with Crippen LogP contribution in [0.15, 0.2) is 59.0 Å². The Hall–Kier alpha value is -5.52. The molecule has 5 atom stereocenters. The Bertz CT molecular complexity index is 2320. The summed E-state index contributed by atoms with van der Waals surface area (Å²) in [6.45, 7) is 3.42. The molecule has 3 amide bonds. The van der Waals surface area contributed by atoms with E-state index in [0.29, 0.717) is 35.1 Å². The van der Waals surface area contributed by atoms with Gasteiger partial charge in [0.25, 0.3) is 5.91 Å². The minimum Gasteiger partial charge on any atom is -0.471 e.